The zero-order valence-corrected chi connectivity index (χ0v) is 11.4. The standard InChI is InChI=1S/C13H16BrNO2/c1-8(16)11-6-9(14)7-12(15)13(11)17-10-4-2-3-5-10/h6-7,10H,2-5,15H2,1H3. The van der Waals surface area contributed by atoms with Crippen molar-refractivity contribution < 1.29 is 9.53 Å². The van der Waals surface area contributed by atoms with Gasteiger partial charge in [-0.15, -0.1) is 0 Å². The Labute approximate surface area is 109 Å². The largest absolute Gasteiger partial charge is 0.488 e. The summed E-state index contributed by atoms with van der Waals surface area (Å²) < 4.78 is 6.69. The number of rotatable bonds is 3. The molecule has 1 aromatic carbocycles. The summed E-state index contributed by atoms with van der Waals surface area (Å²) in [6.07, 6.45) is 4.68. The lowest BCUT2D eigenvalue weighted by atomic mass is 10.1. The number of nitrogen functional groups attached to an aromatic ring is 1. The molecule has 1 aromatic rings. The van der Waals surface area contributed by atoms with E-state index in [-0.39, 0.29) is 11.9 Å². The molecule has 92 valence electrons. The van der Waals surface area contributed by atoms with Crippen molar-refractivity contribution in [3.63, 3.8) is 0 Å². The summed E-state index contributed by atoms with van der Waals surface area (Å²) in [6.45, 7) is 1.53. The van der Waals surface area contributed by atoms with Gasteiger partial charge >= 0.3 is 0 Å². The Balaban J connectivity index is 2.33. The zero-order chi connectivity index (χ0) is 12.4. The summed E-state index contributed by atoms with van der Waals surface area (Å²) in [5.41, 5.74) is 7.01. The topological polar surface area (TPSA) is 52.3 Å². The van der Waals surface area contributed by atoms with Crippen molar-refractivity contribution in [2.24, 2.45) is 0 Å². The molecule has 3 nitrogen and oxygen atoms in total. The van der Waals surface area contributed by atoms with Crippen LogP contribution in [0.2, 0.25) is 0 Å². The molecule has 17 heavy (non-hydrogen) atoms. The molecule has 0 saturated heterocycles. The molecule has 0 aromatic heterocycles. The van der Waals surface area contributed by atoms with Crippen LogP contribution >= 0.6 is 15.9 Å². The molecule has 0 unspecified atom stereocenters. The third kappa shape index (κ3) is 2.80. The lowest BCUT2D eigenvalue weighted by molar-refractivity contribution is 0.101. The van der Waals surface area contributed by atoms with Crippen LogP contribution in [-0.2, 0) is 0 Å². The van der Waals surface area contributed by atoms with E-state index in [0.717, 1.165) is 17.3 Å². The van der Waals surface area contributed by atoms with E-state index in [1.807, 2.05) is 0 Å². The number of ether oxygens (including phenoxy) is 1. The Morgan fingerprint density at radius 1 is 1.41 bits per heavy atom. The Bertz CT molecular complexity index is 439. The van der Waals surface area contributed by atoms with Gasteiger partial charge in [-0.3, -0.25) is 4.79 Å². The Morgan fingerprint density at radius 2 is 2.06 bits per heavy atom. The summed E-state index contributed by atoms with van der Waals surface area (Å²) in [6, 6.07) is 3.54. The van der Waals surface area contributed by atoms with E-state index in [4.69, 9.17) is 10.5 Å². The maximum atomic E-state index is 11.6. The van der Waals surface area contributed by atoms with E-state index in [0.29, 0.717) is 17.0 Å². The Kier molecular flexibility index (Phi) is 3.72. The molecule has 0 heterocycles. The number of benzene rings is 1. The minimum absolute atomic E-state index is 0.0222. The number of ketones is 1. The molecule has 2 N–H and O–H groups in total. The van der Waals surface area contributed by atoms with Gasteiger partial charge in [0.25, 0.3) is 0 Å². The van der Waals surface area contributed by atoms with E-state index >= 15 is 0 Å². The fraction of sp³-hybridized carbons (Fsp3) is 0.462. The van der Waals surface area contributed by atoms with Crippen LogP contribution in [0.1, 0.15) is 43.0 Å². The van der Waals surface area contributed by atoms with Gasteiger partial charge in [-0.25, -0.2) is 0 Å². The summed E-state index contributed by atoms with van der Waals surface area (Å²) in [7, 11) is 0. The molecule has 0 bridgehead atoms. The molecule has 4 heteroatoms. The normalized spacial score (nSPS) is 16.1. The maximum absolute atomic E-state index is 11.6. The summed E-state index contributed by atoms with van der Waals surface area (Å²) in [5, 5.41) is 0. The second kappa shape index (κ2) is 5.08. The number of anilines is 1. The number of carbonyl (C=O) groups is 1. The van der Waals surface area contributed by atoms with Gasteiger partial charge in [0.15, 0.2) is 11.5 Å². The SMILES string of the molecule is CC(=O)c1cc(Br)cc(N)c1OC1CCCC1. The van der Waals surface area contributed by atoms with Crippen LogP contribution in [0.25, 0.3) is 0 Å². The highest BCUT2D eigenvalue weighted by atomic mass is 79.9. The molecule has 0 spiro atoms. The van der Waals surface area contributed by atoms with Crippen molar-refractivity contribution in [1.29, 1.82) is 0 Å². The van der Waals surface area contributed by atoms with Gasteiger partial charge in [-0.2, -0.15) is 0 Å². The van der Waals surface area contributed by atoms with Crippen LogP contribution in [0.3, 0.4) is 0 Å². The fourth-order valence-corrected chi connectivity index (χ4v) is 2.66. The summed E-state index contributed by atoms with van der Waals surface area (Å²) in [5.74, 6) is 0.526. The molecule has 1 saturated carbocycles. The van der Waals surface area contributed by atoms with Crippen LogP contribution in [0, 0.1) is 0 Å². The summed E-state index contributed by atoms with van der Waals surface area (Å²) >= 11 is 3.34. The van der Waals surface area contributed by atoms with E-state index in [1.54, 1.807) is 12.1 Å². The molecule has 0 radical (unpaired) electrons. The van der Waals surface area contributed by atoms with Crippen molar-refractivity contribution in [3.05, 3.63) is 22.2 Å². The van der Waals surface area contributed by atoms with Crippen LogP contribution in [-0.4, -0.2) is 11.9 Å². The maximum Gasteiger partial charge on any atom is 0.163 e. The van der Waals surface area contributed by atoms with E-state index in [9.17, 15) is 4.79 Å². The number of hydrogen-bond donors (Lipinski definition) is 1. The molecular formula is C13H16BrNO2. The first-order valence-corrected chi connectivity index (χ1v) is 6.64. The minimum atomic E-state index is -0.0222. The number of Topliss-reactive ketones (excluding diaryl/α,β-unsaturated/α-hetero) is 1. The van der Waals surface area contributed by atoms with Gasteiger partial charge in [0.05, 0.1) is 17.4 Å². The van der Waals surface area contributed by atoms with Crippen LogP contribution < -0.4 is 10.5 Å². The lowest BCUT2D eigenvalue weighted by Crippen LogP contribution is -2.14. The second-order valence-corrected chi connectivity index (χ2v) is 5.37. The van der Waals surface area contributed by atoms with Crippen molar-refractivity contribution in [3.8, 4) is 5.75 Å². The van der Waals surface area contributed by atoms with Crippen molar-refractivity contribution in [2.75, 3.05) is 5.73 Å². The first kappa shape index (κ1) is 12.4. The second-order valence-electron chi connectivity index (χ2n) is 4.45. The average Bonchev–Trinajstić information content (AvgIpc) is 2.74. The zero-order valence-electron chi connectivity index (χ0n) is 9.83. The highest BCUT2D eigenvalue weighted by molar-refractivity contribution is 9.10. The Hall–Kier alpha value is -1.03. The quantitative estimate of drug-likeness (QED) is 0.685. The molecule has 0 aliphatic heterocycles. The highest BCUT2D eigenvalue weighted by Crippen LogP contribution is 2.34. The van der Waals surface area contributed by atoms with Gasteiger partial charge in [-0.1, -0.05) is 15.9 Å². The van der Waals surface area contributed by atoms with Gasteiger partial charge in [-0.05, 0) is 44.7 Å². The van der Waals surface area contributed by atoms with Crippen molar-refractivity contribution in [1.82, 2.24) is 0 Å². The van der Waals surface area contributed by atoms with E-state index < -0.39 is 0 Å². The Morgan fingerprint density at radius 3 is 2.65 bits per heavy atom. The predicted molar refractivity (Wildman–Crippen MR) is 71.4 cm³/mol. The van der Waals surface area contributed by atoms with Gasteiger partial charge in [0, 0.05) is 4.47 Å². The third-order valence-corrected chi connectivity index (χ3v) is 3.51. The summed E-state index contributed by atoms with van der Waals surface area (Å²) in [4.78, 5) is 11.6. The first-order valence-electron chi connectivity index (χ1n) is 5.84. The highest BCUT2D eigenvalue weighted by Gasteiger charge is 2.21. The molecule has 0 atom stereocenters. The molecular weight excluding hydrogens is 282 g/mol. The monoisotopic (exact) mass is 297 g/mol. The number of carbonyl (C=O) groups excluding carboxylic acids is 1. The van der Waals surface area contributed by atoms with Gasteiger partial charge in [0.1, 0.15) is 0 Å². The predicted octanol–water partition coefficient (Wildman–Crippen LogP) is 3.56. The average molecular weight is 298 g/mol. The third-order valence-electron chi connectivity index (χ3n) is 3.05. The molecule has 0 amide bonds. The smallest absolute Gasteiger partial charge is 0.163 e. The minimum Gasteiger partial charge on any atom is -0.488 e. The molecule has 1 aliphatic rings. The fourth-order valence-electron chi connectivity index (χ4n) is 2.18. The first-order chi connectivity index (χ1) is 8.08. The van der Waals surface area contributed by atoms with Crippen molar-refractivity contribution in [2.45, 2.75) is 38.7 Å². The number of nitrogens with two attached hydrogens (primary N) is 1. The lowest BCUT2D eigenvalue weighted by Gasteiger charge is -2.17. The van der Waals surface area contributed by atoms with E-state index in [1.165, 1.54) is 19.8 Å². The van der Waals surface area contributed by atoms with Gasteiger partial charge < -0.3 is 10.5 Å². The van der Waals surface area contributed by atoms with Crippen LogP contribution in [0.5, 0.6) is 5.75 Å². The molecule has 1 aliphatic carbocycles. The number of halogens is 1. The van der Waals surface area contributed by atoms with Gasteiger partial charge in [0.2, 0.25) is 0 Å². The van der Waals surface area contributed by atoms with Crippen LogP contribution in [0.15, 0.2) is 16.6 Å². The molecule has 2 rings (SSSR count). The van der Waals surface area contributed by atoms with Crippen molar-refractivity contribution >= 4 is 27.4 Å². The van der Waals surface area contributed by atoms with E-state index in [2.05, 4.69) is 15.9 Å². The number of hydrogen-bond acceptors (Lipinski definition) is 3. The molecule has 1 fully saturated rings. The van der Waals surface area contributed by atoms with Crippen LogP contribution in [0.4, 0.5) is 5.69 Å².